The molecule has 0 fully saturated rings. The van der Waals surface area contributed by atoms with Crippen LogP contribution < -0.4 is 5.12 Å². The summed E-state index contributed by atoms with van der Waals surface area (Å²) in [7, 11) is 0. The molecule has 0 heterocycles. The second-order valence-corrected chi connectivity index (χ2v) is 4.21. The van der Waals surface area contributed by atoms with Gasteiger partial charge in [-0.3, -0.25) is 4.79 Å². The van der Waals surface area contributed by atoms with Crippen molar-refractivity contribution >= 4 is 11.7 Å². The van der Waals surface area contributed by atoms with Gasteiger partial charge in [-0.25, -0.2) is 5.12 Å². The summed E-state index contributed by atoms with van der Waals surface area (Å²) in [6.07, 6.45) is -0.189. The lowest BCUT2D eigenvalue weighted by Crippen LogP contribution is -2.14. The maximum atomic E-state index is 14.2. The summed E-state index contributed by atoms with van der Waals surface area (Å²) >= 11 is 0. The number of rotatable bonds is 5. The molecule has 3 nitrogen and oxygen atoms in total. The first-order chi connectivity index (χ1) is 9.16. The molecule has 0 saturated carbocycles. The Bertz CT molecular complexity index is 557. The number of carbonyl (C=O) groups is 1. The van der Waals surface area contributed by atoms with Gasteiger partial charge in [0.25, 0.3) is 0 Å². The molecule has 0 bridgehead atoms. The molecule has 0 radical (unpaired) electrons. The highest BCUT2D eigenvalue weighted by Crippen LogP contribution is 2.23. The van der Waals surface area contributed by atoms with E-state index < -0.39 is 5.97 Å². The first kappa shape index (κ1) is 13.1. The molecule has 2 aromatic carbocycles. The summed E-state index contributed by atoms with van der Waals surface area (Å²) < 4.78 is 14.2. The summed E-state index contributed by atoms with van der Waals surface area (Å²) in [6, 6.07) is 15.8. The van der Waals surface area contributed by atoms with Crippen LogP contribution in [0.15, 0.2) is 54.6 Å². The van der Waals surface area contributed by atoms with Crippen LogP contribution in [0.5, 0.6) is 0 Å². The van der Waals surface area contributed by atoms with Gasteiger partial charge in [0.1, 0.15) is 0 Å². The number of nitrogens with zero attached hydrogens (tertiary/aromatic N) is 1. The fourth-order valence-corrected chi connectivity index (χ4v) is 1.89. The zero-order chi connectivity index (χ0) is 13.7. The number of para-hydroxylation sites is 1. The number of hydrogen-bond donors (Lipinski definition) is 1. The van der Waals surface area contributed by atoms with Crippen LogP contribution in [-0.2, 0) is 17.8 Å². The van der Waals surface area contributed by atoms with Crippen LogP contribution in [0.2, 0.25) is 0 Å². The Hall–Kier alpha value is -2.36. The minimum absolute atomic E-state index is 0.0947. The maximum Gasteiger partial charge on any atom is 0.307 e. The van der Waals surface area contributed by atoms with Gasteiger partial charge in [-0.05, 0) is 17.2 Å². The van der Waals surface area contributed by atoms with E-state index in [1.54, 1.807) is 24.3 Å². The predicted molar refractivity (Wildman–Crippen MR) is 71.5 cm³/mol. The molecule has 98 valence electrons. The van der Waals surface area contributed by atoms with Crippen LogP contribution in [0.3, 0.4) is 0 Å². The molecule has 0 aliphatic rings. The molecule has 0 amide bonds. The zero-order valence-corrected chi connectivity index (χ0v) is 10.3. The molecule has 2 rings (SSSR count). The maximum absolute atomic E-state index is 14.2. The molecule has 4 heteroatoms. The van der Waals surface area contributed by atoms with Crippen molar-refractivity contribution in [2.24, 2.45) is 0 Å². The average molecular weight is 259 g/mol. The molecule has 0 spiro atoms. The van der Waals surface area contributed by atoms with Crippen LogP contribution in [0.25, 0.3) is 0 Å². The second kappa shape index (κ2) is 6.00. The molecule has 1 N–H and O–H groups in total. The topological polar surface area (TPSA) is 40.5 Å². The lowest BCUT2D eigenvalue weighted by Gasteiger charge is -2.17. The van der Waals surface area contributed by atoms with E-state index in [0.29, 0.717) is 16.4 Å². The van der Waals surface area contributed by atoms with Crippen LogP contribution in [-0.4, -0.2) is 11.1 Å². The molecular formula is C15H14FNO2. The Morgan fingerprint density at radius 2 is 1.68 bits per heavy atom. The quantitative estimate of drug-likeness (QED) is 0.838. The van der Waals surface area contributed by atoms with Gasteiger partial charge < -0.3 is 5.11 Å². The monoisotopic (exact) mass is 259 g/mol. The molecule has 2 aromatic rings. The summed E-state index contributed by atoms with van der Waals surface area (Å²) in [6.45, 7) is 0.0947. The van der Waals surface area contributed by atoms with Gasteiger partial charge in [-0.1, -0.05) is 53.0 Å². The zero-order valence-electron chi connectivity index (χ0n) is 10.3. The van der Waals surface area contributed by atoms with E-state index in [9.17, 15) is 9.28 Å². The Balaban J connectivity index is 2.19. The van der Waals surface area contributed by atoms with Crippen molar-refractivity contribution in [1.29, 1.82) is 0 Å². The second-order valence-electron chi connectivity index (χ2n) is 4.21. The van der Waals surface area contributed by atoms with E-state index in [1.807, 2.05) is 30.3 Å². The van der Waals surface area contributed by atoms with E-state index in [4.69, 9.17) is 5.11 Å². The van der Waals surface area contributed by atoms with Gasteiger partial charge in [-0.2, -0.15) is 0 Å². The average Bonchev–Trinajstić information content (AvgIpc) is 2.39. The number of anilines is 1. The van der Waals surface area contributed by atoms with Gasteiger partial charge in [0, 0.05) is 0 Å². The standard InChI is InChI=1S/C15H14FNO2/c16-17(11-12-6-2-1-3-7-12)14-9-5-4-8-13(14)10-15(18)19/h1-9H,10-11H2,(H,18,19). The Labute approximate surface area is 110 Å². The first-order valence-corrected chi connectivity index (χ1v) is 5.94. The van der Waals surface area contributed by atoms with Crippen LogP contribution >= 0.6 is 0 Å². The van der Waals surface area contributed by atoms with E-state index in [1.165, 1.54) is 0 Å². The highest BCUT2D eigenvalue weighted by atomic mass is 19.2. The Morgan fingerprint density at radius 1 is 1.05 bits per heavy atom. The summed E-state index contributed by atoms with van der Waals surface area (Å²) in [5.74, 6) is -0.972. The SMILES string of the molecule is O=C(O)Cc1ccccc1N(F)Cc1ccccc1. The number of hydrogen-bond acceptors (Lipinski definition) is 2. The molecule has 0 saturated heterocycles. The summed E-state index contributed by atoms with van der Waals surface area (Å²) in [5, 5.41) is 9.40. The van der Waals surface area contributed by atoms with Crippen molar-refractivity contribution < 1.29 is 14.4 Å². The van der Waals surface area contributed by atoms with Gasteiger partial charge in [0.05, 0.1) is 18.7 Å². The number of carboxylic acids is 1. The molecule has 0 aliphatic carbocycles. The molecule has 0 atom stereocenters. The lowest BCUT2D eigenvalue weighted by atomic mass is 10.1. The van der Waals surface area contributed by atoms with Crippen molar-refractivity contribution in [1.82, 2.24) is 0 Å². The van der Waals surface area contributed by atoms with E-state index in [-0.39, 0.29) is 13.0 Å². The van der Waals surface area contributed by atoms with Crippen LogP contribution in [0, 0.1) is 0 Å². The molecule has 0 unspecified atom stereocenters. The lowest BCUT2D eigenvalue weighted by molar-refractivity contribution is -0.136. The third-order valence-electron chi connectivity index (χ3n) is 2.76. The van der Waals surface area contributed by atoms with Crippen molar-refractivity contribution in [3.63, 3.8) is 0 Å². The van der Waals surface area contributed by atoms with Crippen LogP contribution in [0.4, 0.5) is 10.2 Å². The van der Waals surface area contributed by atoms with Crippen molar-refractivity contribution in [3.05, 3.63) is 65.7 Å². The fraction of sp³-hybridized carbons (Fsp3) is 0.133. The van der Waals surface area contributed by atoms with E-state index >= 15 is 0 Å². The third kappa shape index (κ3) is 3.55. The van der Waals surface area contributed by atoms with E-state index in [2.05, 4.69) is 0 Å². The van der Waals surface area contributed by atoms with Crippen molar-refractivity contribution in [2.75, 3.05) is 5.12 Å². The van der Waals surface area contributed by atoms with Crippen LogP contribution in [0.1, 0.15) is 11.1 Å². The highest BCUT2D eigenvalue weighted by Gasteiger charge is 2.12. The number of carboxylic acid groups (broad SMARTS) is 1. The number of benzene rings is 2. The first-order valence-electron chi connectivity index (χ1n) is 5.94. The van der Waals surface area contributed by atoms with Gasteiger partial charge >= 0.3 is 5.97 Å². The smallest absolute Gasteiger partial charge is 0.307 e. The van der Waals surface area contributed by atoms with Crippen molar-refractivity contribution in [3.8, 4) is 0 Å². The fourth-order valence-electron chi connectivity index (χ4n) is 1.89. The molecule has 19 heavy (non-hydrogen) atoms. The Morgan fingerprint density at radius 3 is 2.37 bits per heavy atom. The highest BCUT2D eigenvalue weighted by molar-refractivity contribution is 5.73. The predicted octanol–water partition coefficient (Wildman–Crippen LogP) is 3.20. The minimum atomic E-state index is -0.972. The third-order valence-corrected chi connectivity index (χ3v) is 2.76. The Kier molecular flexibility index (Phi) is 4.13. The summed E-state index contributed by atoms with van der Waals surface area (Å²) in [4.78, 5) is 10.8. The largest absolute Gasteiger partial charge is 0.481 e. The number of aliphatic carboxylic acids is 1. The van der Waals surface area contributed by atoms with E-state index in [0.717, 1.165) is 5.56 Å². The molecule has 0 aromatic heterocycles. The molecular weight excluding hydrogens is 245 g/mol. The van der Waals surface area contributed by atoms with Gasteiger partial charge in [-0.15, -0.1) is 0 Å². The van der Waals surface area contributed by atoms with Crippen molar-refractivity contribution in [2.45, 2.75) is 13.0 Å². The summed E-state index contributed by atoms with van der Waals surface area (Å²) in [5.41, 5.74) is 1.59. The van der Waals surface area contributed by atoms with Gasteiger partial charge in [0.2, 0.25) is 0 Å². The van der Waals surface area contributed by atoms with Gasteiger partial charge in [0.15, 0.2) is 0 Å². The number of halogens is 1. The normalized spacial score (nSPS) is 10.2. The molecule has 0 aliphatic heterocycles. The minimum Gasteiger partial charge on any atom is -0.481 e.